The number of hydroxylamine groups is 1. The summed E-state index contributed by atoms with van der Waals surface area (Å²) in [7, 11) is -1.23. The first-order valence-electron chi connectivity index (χ1n) is 3.88. The summed E-state index contributed by atoms with van der Waals surface area (Å²) < 4.78 is 24.3. The maximum Gasteiger partial charge on any atom is 0.266 e. The van der Waals surface area contributed by atoms with E-state index in [4.69, 9.17) is 23.2 Å². The van der Waals surface area contributed by atoms with Gasteiger partial charge in [0.05, 0.1) is 17.2 Å². The summed E-state index contributed by atoms with van der Waals surface area (Å²) in [6.07, 6.45) is 0. The molecule has 1 aromatic rings. The first kappa shape index (κ1) is 12.7. The van der Waals surface area contributed by atoms with Crippen molar-refractivity contribution >= 4 is 33.2 Å². The van der Waals surface area contributed by atoms with Crippen molar-refractivity contribution in [3.8, 4) is 0 Å². The minimum atomic E-state index is -3.75. The van der Waals surface area contributed by atoms with Crippen molar-refractivity contribution in [2.24, 2.45) is 0 Å². The van der Waals surface area contributed by atoms with Gasteiger partial charge in [-0.05, 0) is 12.1 Å². The highest BCUT2D eigenvalue weighted by Gasteiger charge is 2.24. The van der Waals surface area contributed by atoms with E-state index in [0.29, 0.717) is 4.47 Å². The van der Waals surface area contributed by atoms with Gasteiger partial charge in [-0.2, -0.15) is 0 Å². The molecule has 0 radical (unpaired) electrons. The third-order valence-corrected chi connectivity index (χ3v) is 4.44. The average Bonchev–Trinajstić information content (AvgIpc) is 2.20. The molecule has 4 nitrogen and oxygen atoms in total. The third kappa shape index (κ3) is 2.43. The molecule has 15 heavy (non-hydrogen) atoms. The summed E-state index contributed by atoms with van der Waals surface area (Å²) in [6.45, 7) is 0. The SMILES string of the molecule is CON(C)S(=O)(=O)c1cccc(Cl)c1Cl. The first-order valence-corrected chi connectivity index (χ1v) is 6.08. The predicted octanol–water partition coefficient (Wildman–Crippen LogP) is 2.18. The zero-order valence-corrected chi connectivity index (χ0v) is 10.4. The van der Waals surface area contributed by atoms with Gasteiger partial charge in [-0.15, -0.1) is 0 Å². The van der Waals surface area contributed by atoms with E-state index < -0.39 is 10.0 Å². The number of benzene rings is 1. The van der Waals surface area contributed by atoms with Gasteiger partial charge < -0.3 is 0 Å². The summed E-state index contributed by atoms with van der Waals surface area (Å²) >= 11 is 11.5. The van der Waals surface area contributed by atoms with E-state index in [0.717, 1.165) is 0 Å². The van der Waals surface area contributed by atoms with Crippen LogP contribution in [0.4, 0.5) is 0 Å². The quantitative estimate of drug-likeness (QED) is 0.791. The minimum Gasteiger partial charge on any atom is -0.288 e. The monoisotopic (exact) mass is 269 g/mol. The fourth-order valence-corrected chi connectivity index (χ4v) is 2.63. The highest BCUT2D eigenvalue weighted by molar-refractivity contribution is 7.89. The number of nitrogens with zero attached hydrogens (tertiary/aromatic N) is 1. The van der Waals surface area contributed by atoms with E-state index in [1.807, 2.05) is 0 Å². The Hall–Kier alpha value is -0.330. The van der Waals surface area contributed by atoms with E-state index in [9.17, 15) is 8.42 Å². The second kappa shape index (κ2) is 4.67. The van der Waals surface area contributed by atoms with Crippen molar-refractivity contribution in [2.45, 2.75) is 4.90 Å². The number of rotatable bonds is 3. The zero-order valence-electron chi connectivity index (χ0n) is 8.07. The average molecular weight is 270 g/mol. The van der Waals surface area contributed by atoms with Gasteiger partial charge in [0.2, 0.25) is 0 Å². The molecule has 0 heterocycles. The summed E-state index contributed by atoms with van der Waals surface area (Å²) in [5.41, 5.74) is 0. The standard InChI is InChI=1S/C8H9Cl2NO3S/c1-11(14-2)15(12,13)7-5-3-4-6(9)8(7)10/h3-5H,1-2H3. The van der Waals surface area contributed by atoms with Crippen molar-refractivity contribution in [1.29, 1.82) is 0 Å². The van der Waals surface area contributed by atoms with Gasteiger partial charge in [0.1, 0.15) is 4.90 Å². The molecule has 0 aromatic heterocycles. The molecule has 0 atom stereocenters. The molecular weight excluding hydrogens is 261 g/mol. The molecule has 0 aliphatic heterocycles. The van der Waals surface area contributed by atoms with E-state index in [2.05, 4.69) is 4.84 Å². The Morgan fingerprint density at radius 1 is 1.33 bits per heavy atom. The van der Waals surface area contributed by atoms with Gasteiger partial charge in [0, 0.05) is 7.05 Å². The highest BCUT2D eigenvalue weighted by atomic mass is 35.5. The predicted molar refractivity (Wildman–Crippen MR) is 58.4 cm³/mol. The van der Waals surface area contributed by atoms with Crippen LogP contribution in [0, 0.1) is 0 Å². The fraction of sp³-hybridized carbons (Fsp3) is 0.250. The fourth-order valence-electron chi connectivity index (χ4n) is 0.920. The Bertz CT molecular complexity index is 461. The summed E-state index contributed by atoms with van der Waals surface area (Å²) in [5.74, 6) is 0. The molecule has 0 aliphatic rings. The molecule has 0 amide bonds. The molecule has 0 N–H and O–H groups in total. The molecule has 0 aliphatic carbocycles. The van der Waals surface area contributed by atoms with Gasteiger partial charge in [-0.25, -0.2) is 8.42 Å². The molecule has 0 fully saturated rings. The van der Waals surface area contributed by atoms with E-state index >= 15 is 0 Å². The van der Waals surface area contributed by atoms with Crippen molar-refractivity contribution in [3.63, 3.8) is 0 Å². The van der Waals surface area contributed by atoms with Crippen LogP contribution in [0.15, 0.2) is 23.1 Å². The third-order valence-electron chi connectivity index (χ3n) is 1.79. The van der Waals surface area contributed by atoms with Gasteiger partial charge in [-0.3, -0.25) is 4.84 Å². The molecule has 84 valence electrons. The van der Waals surface area contributed by atoms with Gasteiger partial charge >= 0.3 is 0 Å². The van der Waals surface area contributed by atoms with Crippen LogP contribution in [0.25, 0.3) is 0 Å². The van der Waals surface area contributed by atoms with Crippen LogP contribution >= 0.6 is 23.2 Å². The number of hydrogen-bond donors (Lipinski definition) is 0. The van der Waals surface area contributed by atoms with Gasteiger partial charge in [-0.1, -0.05) is 33.7 Å². The van der Waals surface area contributed by atoms with Crippen LogP contribution in [0.3, 0.4) is 0 Å². The maximum atomic E-state index is 11.8. The lowest BCUT2D eigenvalue weighted by Crippen LogP contribution is -2.26. The van der Waals surface area contributed by atoms with Gasteiger partial charge in [0.25, 0.3) is 10.0 Å². The molecular formula is C8H9Cl2NO3S. The Morgan fingerprint density at radius 3 is 2.47 bits per heavy atom. The van der Waals surface area contributed by atoms with Crippen LogP contribution in [0.5, 0.6) is 0 Å². The highest BCUT2D eigenvalue weighted by Crippen LogP contribution is 2.30. The Morgan fingerprint density at radius 2 is 1.93 bits per heavy atom. The maximum absolute atomic E-state index is 11.8. The van der Waals surface area contributed by atoms with Crippen molar-refractivity contribution in [2.75, 3.05) is 14.2 Å². The minimum absolute atomic E-state index is 0.0110. The molecule has 0 saturated carbocycles. The molecule has 0 saturated heterocycles. The Balaban J connectivity index is 3.34. The summed E-state index contributed by atoms with van der Waals surface area (Å²) in [4.78, 5) is 4.53. The van der Waals surface area contributed by atoms with E-state index in [1.54, 1.807) is 0 Å². The van der Waals surface area contributed by atoms with Crippen molar-refractivity contribution in [1.82, 2.24) is 4.47 Å². The number of hydrogen-bond acceptors (Lipinski definition) is 3. The summed E-state index contributed by atoms with van der Waals surface area (Å²) in [5, 5.41) is 0.172. The normalized spacial score (nSPS) is 12.1. The summed E-state index contributed by atoms with van der Waals surface area (Å²) in [6, 6.07) is 4.37. The smallest absolute Gasteiger partial charge is 0.266 e. The lowest BCUT2D eigenvalue weighted by Gasteiger charge is -2.15. The van der Waals surface area contributed by atoms with Gasteiger partial charge in [0.15, 0.2) is 0 Å². The lowest BCUT2D eigenvalue weighted by atomic mass is 10.4. The first-order chi connectivity index (χ1) is 6.91. The van der Waals surface area contributed by atoms with Crippen LogP contribution in [0.1, 0.15) is 0 Å². The van der Waals surface area contributed by atoms with E-state index in [-0.39, 0.29) is 14.9 Å². The number of halogens is 2. The largest absolute Gasteiger partial charge is 0.288 e. The molecule has 7 heteroatoms. The number of sulfonamides is 1. The Labute approximate surface area is 98.4 Å². The molecule has 0 spiro atoms. The molecule has 0 bridgehead atoms. The topological polar surface area (TPSA) is 46.6 Å². The Kier molecular flexibility index (Phi) is 3.97. The van der Waals surface area contributed by atoms with Crippen LogP contribution in [0.2, 0.25) is 10.0 Å². The second-order valence-electron chi connectivity index (χ2n) is 2.65. The van der Waals surface area contributed by atoms with Crippen molar-refractivity contribution in [3.05, 3.63) is 28.2 Å². The van der Waals surface area contributed by atoms with Crippen LogP contribution in [-0.2, 0) is 14.9 Å². The van der Waals surface area contributed by atoms with E-state index in [1.165, 1.54) is 32.4 Å². The molecule has 1 aromatic carbocycles. The molecule has 0 unspecified atom stereocenters. The molecule has 1 rings (SSSR count). The zero-order chi connectivity index (χ0) is 11.6. The van der Waals surface area contributed by atoms with Crippen LogP contribution in [-0.4, -0.2) is 27.0 Å². The second-order valence-corrected chi connectivity index (χ2v) is 5.34. The van der Waals surface area contributed by atoms with Crippen molar-refractivity contribution < 1.29 is 13.3 Å². The van der Waals surface area contributed by atoms with Crippen LogP contribution < -0.4 is 0 Å². The lowest BCUT2D eigenvalue weighted by molar-refractivity contribution is -0.0258.